The number of ether oxygens (including phenoxy) is 1. The lowest BCUT2D eigenvalue weighted by molar-refractivity contribution is -0.123. The summed E-state index contributed by atoms with van der Waals surface area (Å²) in [5.41, 5.74) is 1.68. The molecular formula is C25H33N5O3. The van der Waals surface area contributed by atoms with E-state index >= 15 is 0 Å². The van der Waals surface area contributed by atoms with Crippen molar-refractivity contribution in [2.45, 2.75) is 52.5 Å². The van der Waals surface area contributed by atoms with Gasteiger partial charge in [0.1, 0.15) is 17.4 Å². The first-order chi connectivity index (χ1) is 16.0. The topological polar surface area (TPSA) is 78.9 Å². The van der Waals surface area contributed by atoms with Gasteiger partial charge in [-0.25, -0.2) is 14.9 Å². The van der Waals surface area contributed by atoms with Crippen molar-refractivity contribution in [1.29, 1.82) is 0 Å². The van der Waals surface area contributed by atoms with Gasteiger partial charge in [-0.15, -0.1) is 0 Å². The van der Waals surface area contributed by atoms with Crippen LogP contribution in [0.1, 0.15) is 44.6 Å². The molecule has 176 valence electrons. The molecule has 1 atom stereocenters. The van der Waals surface area contributed by atoms with E-state index in [1.807, 2.05) is 26.0 Å². The van der Waals surface area contributed by atoms with Crippen LogP contribution in [-0.2, 0) is 16.0 Å². The Balaban J connectivity index is 1.39. The second-order valence-corrected chi connectivity index (χ2v) is 8.67. The number of carbonyl (C=O) groups is 2. The minimum absolute atomic E-state index is 0.140. The molecule has 1 aromatic heterocycles. The third-order valence-corrected chi connectivity index (χ3v) is 6.15. The number of aryl methyl sites for hydroxylation is 2. The molecule has 2 aliphatic heterocycles. The number of imide groups is 1. The smallest absolute Gasteiger partial charge is 0.251 e. The SMILES string of the molecule is CCCOc1ccc(N2C(=O)C[C@@H](N3CCN(c4cc(CCC)nc(C)n4)CC3)C2=O)cc1. The van der Waals surface area contributed by atoms with Gasteiger partial charge in [0.15, 0.2) is 0 Å². The maximum atomic E-state index is 13.2. The molecule has 0 aliphatic carbocycles. The van der Waals surface area contributed by atoms with Crippen molar-refractivity contribution >= 4 is 23.3 Å². The standard InChI is InChI=1S/C25H33N5O3/c1-4-6-19-16-23(27-18(3)26-19)29-13-11-28(12-14-29)22-17-24(31)30(25(22)32)20-7-9-21(10-8-20)33-15-5-2/h7-10,16,22H,4-6,11-15,17H2,1-3H3/t22-/m1/s1. The lowest BCUT2D eigenvalue weighted by Crippen LogP contribution is -2.52. The normalized spacial score (nSPS) is 19.4. The van der Waals surface area contributed by atoms with Crippen molar-refractivity contribution in [3.63, 3.8) is 0 Å². The van der Waals surface area contributed by atoms with E-state index in [9.17, 15) is 9.59 Å². The van der Waals surface area contributed by atoms with Crippen molar-refractivity contribution < 1.29 is 14.3 Å². The summed E-state index contributed by atoms with van der Waals surface area (Å²) in [5.74, 6) is 2.20. The van der Waals surface area contributed by atoms with Crippen LogP contribution in [0.5, 0.6) is 5.75 Å². The van der Waals surface area contributed by atoms with Gasteiger partial charge in [0.05, 0.1) is 24.8 Å². The average Bonchev–Trinajstić information content (AvgIpc) is 3.12. The Hall–Kier alpha value is -3.00. The highest BCUT2D eigenvalue weighted by atomic mass is 16.5. The predicted octanol–water partition coefficient (Wildman–Crippen LogP) is 2.98. The van der Waals surface area contributed by atoms with Gasteiger partial charge in [0.25, 0.3) is 5.91 Å². The Kier molecular flexibility index (Phi) is 7.23. The largest absolute Gasteiger partial charge is 0.494 e. The van der Waals surface area contributed by atoms with Crippen LogP contribution in [0.4, 0.5) is 11.5 Å². The first-order valence-electron chi connectivity index (χ1n) is 11.9. The van der Waals surface area contributed by atoms with Gasteiger partial charge in [0.2, 0.25) is 5.91 Å². The summed E-state index contributed by atoms with van der Waals surface area (Å²) in [5, 5.41) is 0. The van der Waals surface area contributed by atoms with Crippen molar-refractivity contribution in [3.8, 4) is 5.75 Å². The zero-order valence-corrected chi connectivity index (χ0v) is 19.8. The van der Waals surface area contributed by atoms with E-state index in [2.05, 4.69) is 32.8 Å². The van der Waals surface area contributed by atoms with Crippen LogP contribution >= 0.6 is 0 Å². The molecule has 0 N–H and O–H groups in total. The predicted molar refractivity (Wildman–Crippen MR) is 128 cm³/mol. The summed E-state index contributed by atoms with van der Waals surface area (Å²) < 4.78 is 5.61. The van der Waals surface area contributed by atoms with E-state index in [1.165, 1.54) is 4.90 Å². The van der Waals surface area contributed by atoms with E-state index in [0.717, 1.165) is 55.4 Å². The maximum absolute atomic E-state index is 13.2. The van der Waals surface area contributed by atoms with Crippen LogP contribution in [0, 0.1) is 6.92 Å². The number of amides is 2. The van der Waals surface area contributed by atoms with E-state index in [0.29, 0.717) is 25.4 Å². The number of anilines is 2. The lowest BCUT2D eigenvalue weighted by Gasteiger charge is -2.37. The maximum Gasteiger partial charge on any atom is 0.251 e. The first-order valence-corrected chi connectivity index (χ1v) is 11.9. The molecule has 2 aromatic rings. The number of aromatic nitrogens is 2. The summed E-state index contributed by atoms with van der Waals surface area (Å²) in [6, 6.07) is 8.87. The summed E-state index contributed by atoms with van der Waals surface area (Å²) in [7, 11) is 0. The molecule has 2 aliphatic rings. The van der Waals surface area contributed by atoms with E-state index in [-0.39, 0.29) is 18.2 Å². The Morgan fingerprint density at radius 3 is 2.39 bits per heavy atom. The molecule has 2 saturated heterocycles. The lowest BCUT2D eigenvalue weighted by atomic mass is 10.1. The number of hydrogen-bond donors (Lipinski definition) is 0. The third kappa shape index (κ3) is 5.16. The molecule has 2 amide bonds. The number of piperazine rings is 1. The van der Waals surface area contributed by atoms with Crippen molar-refractivity contribution in [2.75, 3.05) is 42.6 Å². The van der Waals surface area contributed by atoms with Crippen molar-refractivity contribution in [1.82, 2.24) is 14.9 Å². The molecular weight excluding hydrogens is 418 g/mol. The number of carbonyl (C=O) groups excluding carboxylic acids is 2. The fourth-order valence-electron chi connectivity index (χ4n) is 4.50. The molecule has 1 aromatic carbocycles. The van der Waals surface area contributed by atoms with E-state index in [1.54, 1.807) is 12.1 Å². The molecule has 0 unspecified atom stereocenters. The number of benzene rings is 1. The zero-order chi connectivity index (χ0) is 23.4. The van der Waals surface area contributed by atoms with Crippen LogP contribution in [0.3, 0.4) is 0 Å². The highest BCUT2D eigenvalue weighted by molar-refractivity contribution is 6.22. The molecule has 0 radical (unpaired) electrons. The van der Waals surface area contributed by atoms with Crippen LogP contribution in [0.15, 0.2) is 30.3 Å². The second-order valence-electron chi connectivity index (χ2n) is 8.67. The second kappa shape index (κ2) is 10.3. The Labute approximate surface area is 195 Å². The monoisotopic (exact) mass is 451 g/mol. The van der Waals surface area contributed by atoms with Gasteiger partial charge >= 0.3 is 0 Å². The fourth-order valence-corrected chi connectivity index (χ4v) is 4.50. The Morgan fingerprint density at radius 1 is 1.00 bits per heavy atom. The van der Waals surface area contributed by atoms with Crippen molar-refractivity contribution in [2.24, 2.45) is 0 Å². The summed E-state index contributed by atoms with van der Waals surface area (Å²) >= 11 is 0. The number of hydrogen-bond acceptors (Lipinski definition) is 7. The van der Waals surface area contributed by atoms with Gasteiger partial charge in [0, 0.05) is 37.9 Å². The van der Waals surface area contributed by atoms with Gasteiger partial charge in [-0.2, -0.15) is 0 Å². The highest BCUT2D eigenvalue weighted by Gasteiger charge is 2.43. The number of rotatable bonds is 8. The van der Waals surface area contributed by atoms with Gasteiger partial charge in [-0.3, -0.25) is 14.5 Å². The molecule has 33 heavy (non-hydrogen) atoms. The van der Waals surface area contributed by atoms with E-state index in [4.69, 9.17) is 4.74 Å². The zero-order valence-electron chi connectivity index (χ0n) is 19.8. The quantitative estimate of drug-likeness (QED) is 0.571. The molecule has 2 fully saturated rings. The minimum atomic E-state index is -0.404. The van der Waals surface area contributed by atoms with Gasteiger partial charge in [-0.05, 0) is 44.0 Å². The molecule has 3 heterocycles. The first kappa shape index (κ1) is 23.2. The minimum Gasteiger partial charge on any atom is -0.494 e. The molecule has 8 nitrogen and oxygen atoms in total. The highest BCUT2D eigenvalue weighted by Crippen LogP contribution is 2.28. The molecule has 4 rings (SSSR count). The van der Waals surface area contributed by atoms with E-state index < -0.39 is 6.04 Å². The summed E-state index contributed by atoms with van der Waals surface area (Å²) in [4.78, 5) is 40.8. The van der Waals surface area contributed by atoms with Gasteiger partial charge in [-0.1, -0.05) is 20.3 Å². The van der Waals surface area contributed by atoms with Gasteiger partial charge < -0.3 is 9.64 Å². The Bertz CT molecular complexity index is 986. The fraction of sp³-hybridized carbons (Fsp3) is 0.520. The van der Waals surface area contributed by atoms with Crippen LogP contribution in [-0.4, -0.2) is 65.5 Å². The third-order valence-electron chi connectivity index (χ3n) is 6.15. The molecule has 0 bridgehead atoms. The van der Waals surface area contributed by atoms with Crippen LogP contribution in [0.2, 0.25) is 0 Å². The molecule has 8 heteroatoms. The summed E-state index contributed by atoms with van der Waals surface area (Å²) in [6.45, 7) is 9.73. The summed E-state index contributed by atoms with van der Waals surface area (Å²) in [6.07, 6.45) is 3.14. The molecule has 0 saturated carbocycles. The Morgan fingerprint density at radius 2 is 1.73 bits per heavy atom. The van der Waals surface area contributed by atoms with Crippen LogP contribution < -0.4 is 14.5 Å². The average molecular weight is 452 g/mol. The van der Waals surface area contributed by atoms with Crippen molar-refractivity contribution in [3.05, 3.63) is 41.9 Å². The molecule has 0 spiro atoms. The number of nitrogens with zero attached hydrogens (tertiary/aromatic N) is 5. The van der Waals surface area contributed by atoms with Crippen LogP contribution in [0.25, 0.3) is 0 Å².